The van der Waals surface area contributed by atoms with Gasteiger partial charge in [0.15, 0.2) is 6.29 Å². The number of nitrogens with one attached hydrogen (secondary N) is 1. The zero-order valence-corrected chi connectivity index (χ0v) is 10.6. The topological polar surface area (TPSA) is 77.2 Å². The molecule has 0 aliphatic carbocycles. The smallest absolute Gasteiger partial charge is 0.269 e. The number of non-ortho nitro benzene ring substituents is 1. The minimum atomic E-state index is -0.444. The molecule has 0 amide bonds. The molecule has 0 unspecified atom stereocenters. The van der Waals surface area contributed by atoms with Crippen molar-refractivity contribution in [3.63, 3.8) is 0 Å². The first-order chi connectivity index (χ1) is 9.02. The molecule has 0 saturated heterocycles. The third-order valence-corrected chi connectivity index (χ3v) is 2.92. The molecule has 0 aliphatic heterocycles. The summed E-state index contributed by atoms with van der Waals surface area (Å²) in [6, 6.07) is 7.88. The van der Waals surface area contributed by atoms with Crippen molar-refractivity contribution in [2.24, 2.45) is 0 Å². The fourth-order valence-electron chi connectivity index (χ4n) is 1.87. The molecular formula is C13H13N3O3. The van der Waals surface area contributed by atoms with Crippen LogP contribution in [0.15, 0.2) is 30.3 Å². The number of hydrogen-bond acceptors (Lipinski definition) is 4. The maximum absolute atomic E-state index is 10.8. The predicted octanol–water partition coefficient (Wildman–Crippen LogP) is 2.70. The minimum absolute atomic E-state index is 0.0417. The summed E-state index contributed by atoms with van der Waals surface area (Å²) in [5, 5.41) is 10.6. The highest BCUT2D eigenvalue weighted by molar-refractivity contribution is 5.77. The molecule has 1 heterocycles. The lowest BCUT2D eigenvalue weighted by molar-refractivity contribution is -0.384. The van der Waals surface area contributed by atoms with Gasteiger partial charge in [-0.15, -0.1) is 0 Å². The lowest BCUT2D eigenvalue weighted by Crippen LogP contribution is -2.12. The fourth-order valence-corrected chi connectivity index (χ4v) is 1.87. The van der Waals surface area contributed by atoms with Crippen molar-refractivity contribution < 1.29 is 9.72 Å². The average Bonchev–Trinajstić information content (AvgIpc) is 2.67. The van der Waals surface area contributed by atoms with Gasteiger partial charge in [0.05, 0.1) is 10.6 Å². The Labute approximate surface area is 109 Å². The zero-order valence-electron chi connectivity index (χ0n) is 10.6. The van der Waals surface area contributed by atoms with E-state index in [4.69, 9.17) is 0 Å². The van der Waals surface area contributed by atoms with Gasteiger partial charge in [0, 0.05) is 29.1 Å². The maximum atomic E-state index is 10.8. The lowest BCUT2D eigenvalue weighted by Gasteiger charge is -2.12. The third-order valence-electron chi connectivity index (χ3n) is 2.92. The van der Waals surface area contributed by atoms with Crippen LogP contribution >= 0.6 is 0 Å². The molecule has 2 aromatic rings. The van der Waals surface area contributed by atoms with Crippen molar-refractivity contribution >= 4 is 17.7 Å². The van der Waals surface area contributed by atoms with Crippen molar-refractivity contribution in [3.05, 3.63) is 57.4 Å². The summed E-state index contributed by atoms with van der Waals surface area (Å²) in [7, 11) is 0. The molecule has 6 nitrogen and oxygen atoms in total. The molecule has 6 heteroatoms. The summed E-state index contributed by atoms with van der Waals surface area (Å²) in [6.07, 6.45) is 0.802. The van der Waals surface area contributed by atoms with Crippen molar-refractivity contribution in [1.82, 2.24) is 4.68 Å². The van der Waals surface area contributed by atoms with Crippen molar-refractivity contribution in [1.29, 1.82) is 0 Å². The number of nitro benzene ring substituents is 1. The van der Waals surface area contributed by atoms with E-state index < -0.39 is 4.92 Å². The Balaban J connectivity index is 2.28. The standard InChI is InChI=1S/C13H13N3O3/c1-9-7-11(8-17)10(2)15(9)14-12-3-5-13(6-4-12)16(18)19/h3-8,14H,1-2H3. The van der Waals surface area contributed by atoms with Crippen LogP contribution in [0.5, 0.6) is 0 Å². The van der Waals surface area contributed by atoms with Crippen LogP contribution in [0.2, 0.25) is 0 Å². The van der Waals surface area contributed by atoms with E-state index in [2.05, 4.69) is 5.43 Å². The van der Waals surface area contributed by atoms with E-state index in [1.54, 1.807) is 22.9 Å². The average molecular weight is 259 g/mol. The van der Waals surface area contributed by atoms with Gasteiger partial charge in [0.25, 0.3) is 5.69 Å². The number of aldehydes is 1. The number of rotatable bonds is 4. The number of anilines is 1. The molecule has 19 heavy (non-hydrogen) atoms. The molecule has 2 rings (SSSR count). The van der Waals surface area contributed by atoms with E-state index >= 15 is 0 Å². The molecule has 1 N–H and O–H groups in total. The molecule has 0 aliphatic rings. The van der Waals surface area contributed by atoms with Gasteiger partial charge in [0.2, 0.25) is 0 Å². The summed E-state index contributed by atoms with van der Waals surface area (Å²) in [5.74, 6) is 0. The van der Waals surface area contributed by atoms with Crippen LogP contribution in [0.3, 0.4) is 0 Å². The van der Waals surface area contributed by atoms with Crippen molar-refractivity contribution in [2.75, 3.05) is 5.43 Å². The van der Waals surface area contributed by atoms with E-state index in [0.717, 1.165) is 17.7 Å². The van der Waals surface area contributed by atoms with Crippen LogP contribution in [0.25, 0.3) is 0 Å². The number of hydrogen-bond donors (Lipinski definition) is 1. The first-order valence-electron chi connectivity index (χ1n) is 5.68. The van der Waals surface area contributed by atoms with Gasteiger partial charge in [-0.2, -0.15) is 0 Å². The van der Waals surface area contributed by atoms with Crippen LogP contribution in [0.4, 0.5) is 11.4 Å². The molecule has 1 aromatic heterocycles. The van der Waals surface area contributed by atoms with Crippen molar-refractivity contribution in [3.8, 4) is 0 Å². The van der Waals surface area contributed by atoms with Crippen LogP contribution in [-0.4, -0.2) is 15.9 Å². The van der Waals surface area contributed by atoms with E-state index in [0.29, 0.717) is 11.3 Å². The van der Waals surface area contributed by atoms with Crippen LogP contribution < -0.4 is 5.43 Å². The Morgan fingerprint density at radius 1 is 1.26 bits per heavy atom. The third kappa shape index (κ3) is 2.47. The largest absolute Gasteiger partial charge is 0.298 e. The lowest BCUT2D eigenvalue weighted by atomic mass is 10.3. The van der Waals surface area contributed by atoms with Crippen LogP contribution in [0.1, 0.15) is 21.7 Å². The van der Waals surface area contributed by atoms with E-state index in [1.807, 2.05) is 13.8 Å². The van der Waals surface area contributed by atoms with Gasteiger partial charge in [0.1, 0.15) is 0 Å². The van der Waals surface area contributed by atoms with Crippen LogP contribution in [0, 0.1) is 24.0 Å². The number of carbonyl (C=O) groups excluding carboxylic acids is 1. The monoisotopic (exact) mass is 259 g/mol. The van der Waals surface area contributed by atoms with Gasteiger partial charge < -0.3 is 0 Å². The van der Waals surface area contributed by atoms with E-state index in [-0.39, 0.29) is 5.69 Å². The van der Waals surface area contributed by atoms with Gasteiger partial charge in [-0.1, -0.05) is 0 Å². The Kier molecular flexibility index (Phi) is 3.33. The quantitative estimate of drug-likeness (QED) is 0.520. The summed E-state index contributed by atoms with van der Waals surface area (Å²) in [6.45, 7) is 3.70. The first kappa shape index (κ1) is 12.8. The van der Waals surface area contributed by atoms with Gasteiger partial charge in [-0.3, -0.25) is 25.0 Å². The molecule has 0 spiro atoms. The SMILES string of the molecule is Cc1cc(C=O)c(C)n1Nc1ccc([N+](=O)[O-])cc1. The van der Waals surface area contributed by atoms with E-state index in [9.17, 15) is 14.9 Å². The summed E-state index contributed by atoms with van der Waals surface area (Å²) < 4.78 is 1.77. The number of carbonyl (C=O) groups is 1. The maximum Gasteiger partial charge on any atom is 0.269 e. The Morgan fingerprint density at radius 3 is 2.37 bits per heavy atom. The number of benzene rings is 1. The molecule has 0 bridgehead atoms. The summed E-state index contributed by atoms with van der Waals surface area (Å²) in [5.41, 5.74) is 6.15. The first-order valence-corrected chi connectivity index (χ1v) is 5.68. The second-order valence-corrected chi connectivity index (χ2v) is 4.20. The molecule has 98 valence electrons. The zero-order chi connectivity index (χ0) is 14.0. The van der Waals surface area contributed by atoms with Gasteiger partial charge in [-0.05, 0) is 32.0 Å². The number of aryl methyl sites for hydroxylation is 1. The normalized spacial score (nSPS) is 10.2. The minimum Gasteiger partial charge on any atom is -0.298 e. The highest BCUT2D eigenvalue weighted by Gasteiger charge is 2.09. The van der Waals surface area contributed by atoms with Crippen molar-refractivity contribution in [2.45, 2.75) is 13.8 Å². The second kappa shape index (κ2) is 4.93. The summed E-state index contributed by atoms with van der Waals surface area (Å²) >= 11 is 0. The molecule has 0 saturated carbocycles. The highest BCUT2D eigenvalue weighted by atomic mass is 16.6. The molecular weight excluding hydrogens is 246 g/mol. The molecule has 0 radical (unpaired) electrons. The predicted molar refractivity (Wildman–Crippen MR) is 71.4 cm³/mol. The Hall–Kier alpha value is -2.63. The van der Waals surface area contributed by atoms with Gasteiger partial charge in [-0.25, -0.2) is 0 Å². The molecule has 0 atom stereocenters. The highest BCUT2D eigenvalue weighted by Crippen LogP contribution is 2.18. The van der Waals surface area contributed by atoms with Gasteiger partial charge >= 0.3 is 0 Å². The van der Waals surface area contributed by atoms with Crippen LogP contribution in [-0.2, 0) is 0 Å². The molecule has 0 fully saturated rings. The fraction of sp³-hybridized carbons (Fsp3) is 0.154. The number of nitrogens with zero attached hydrogens (tertiary/aromatic N) is 2. The second-order valence-electron chi connectivity index (χ2n) is 4.20. The Bertz CT molecular complexity index is 629. The van der Waals surface area contributed by atoms with E-state index in [1.165, 1.54) is 12.1 Å². The molecule has 1 aromatic carbocycles. The Morgan fingerprint density at radius 2 is 1.89 bits per heavy atom. The summed E-state index contributed by atoms with van der Waals surface area (Å²) in [4.78, 5) is 21.0. The number of aromatic nitrogens is 1. The number of nitro groups is 1.